The van der Waals surface area contributed by atoms with Gasteiger partial charge in [0.15, 0.2) is 6.10 Å². The van der Waals surface area contributed by atoms with Crippen molar-refractivity contribution < 1.29 is 63.1 Å². The Kier molecular flexibility index (Phi) is 35.7. The smallest absolute Gasteiger partial charge is 0.462 e. The lowest BCUT2D eigenvalue weighted by Gasteiger charge is -2.41. The van der Waals surface area contributed by atoms with E-state index in [4.69, 9.17) is 18.5 Å². The average molecular weight is 911 g/mol. The van der Waals surface area contributed by atoms with Crippen LogP contribution in [0.3, 0.4) is 0 Å². The SMILES string of the molecule is CCC/C=C/C/C=C/C/C=C/C/C=C/CCCCCC(=O)OC[C@@H](COP(=O)(O)OC1C(O)C(O)C(O)[C@H](O)C1O)OC(=O)CCC/C=C/C/C=C/CCCCCCCCCCC. The quantitative estimate of drug-likeness (QED) is 0.0148. The van der Waals surface area contributed by atoms with E-state index < -0.39 is 75.7 Å². The van der Waals surface area contributed by atoms with Crippen molar-refractivity contribution in [2.45, 2.75) is 211 Å². The van der Waals surface area contributed by atoms with E-state index in [1.807, 2.05) is 12.2 Å². The first-order chi connectivity index (χ1) is 30.4. The van der Waals surface area contributed by atoms with E-state index in [1.165, 1.54) is 64.2 Å². The molecule has 0 aliphatic heterocycles. The van der Waals surface area contributed by atoms with Gasteiger partial charge in [-0.3, -0.25) is 18.6 Å². The van der Waals surface area contributed by atoms with Gasteiger partial charge in [-0.15, -0.1) is 0 Å². The van der Waals surface area contributed by atoms with Crippen LogP contribution in [0.5, 0.6) is 0 Å². The molecule has 0 aromatic carbocycles. The molecule has 1 fully saturated rings. The largest absolute Gasteiger partial charge is 0.472 e. The lowest BCUT2D eigenvalue weighted by atomic mass is 9.85. The van der Waals surface area contributed by atoms with Gasteiger partial charge in [-0.2, -0.15) is 0 Å². The van der Waals surface area contributed by atoms with Gasteiger partial charge in [-0.05, 0) is 77.0 Å². The maximum absolute atomic E-state index is 12.8. The molecule has 0 aromatic heterocycles. The van der Waals surface area contributed by atoms with Gasteiger partial charge < -0.3 is 39.9 Å². The van der Waals surface area contributed by atoms with Crippen molar-refractivity contribution in [3.05, 3.63) is 72.9 Å². The lowest BCUT2D eigenvalue weighted by molar-refractivity contribution is -0.220. The highest BCUT2D eigenvalue weighted by molar-refractivity contribution is 7.47. The number of esters is 2. The molecular weight excluding hydrogens is 827 g/mol. The molecule has 1 rings (SSSR count). The lowest BCUT2D eigenvalue weighted by Crippen LogP contribution is -2.64. The number of hydrogen-bond acceptors (Lipinski definition) is 12. The molecule has 8 atom stereocenters. The number of allylic oxidation sites excluding steroid dienone is 12. The van der Waals surface area contributed by atoms with Crippen LogP contribution in [0, 0.1) is 0 Å². The maximum Gasteiger partial charge on any atom is 0.472 e. The second-order valence-electron chi connectivity index (χ2n) is 16.3. The topological polar surface area (TPSA) is 210 Å². The van der Waals surface area contributed by atoms with Crippen LogP contribution in [-0.4, -0.2) is 98.3 Å². The van der Waals surface area contributed by atoms with Gasteiger partial charge in [0, 0.05) is 12.8 Å². The van der Waals surface area contributed by atoms with Crippen LogP contribution >= 0.6 is 7.82 Å². The number of phosphoric acid groups is 1. The molecule has 0 radical (unpaired) electrons. The van der Waals surface area contributed by atoms with E-state index in [-0.39, 0.29) is 12.8 Å². The predicted molar refractivity (Wildman–Crippen MR) is 249 cm³/mol. The van der Waals surface area contributed by atoms with Crippen molar-refractivity contribution in [1.29, 1.82) is 0 Å². The zero-order chi connectivity index (χ0) is 46.4. The summed E-state index contributed by atoms with van der Waals surface area (Å²) in [5, 5.41) is 50.2. The molecular formula is C49H83O13P. The molecule has 1 saturated carbocycles. The fraction of sp³-hybridized carbons (Fsp3) is 0.714. The summed E-state index contributed by atoms with van der Waals surface area (Å²) in [7, 11) is -5.14. The zero-order valence-electron chi connectivity index (χ0n) is 38.3. The van der Waals surface area contributed by atoms with E-state index in [2.05, 4.69) is 74.6 Å². The highest BCUT2D eigenvalue weighted by Gasteiger charge is 2.51. The monoisotopic (exact) mass is 911 g/mol. The average Bonchev–Trinajstić information content (AvgIpc) is 3.26. The minimum atomic E-state index is -5.14. The molecule has 0 saturated heterocycles. The summed E-state index contributed by atoms with van der Waals surface area (Å²) in [6.07, 6.45) is 35.3. The van der Waals surface area contributed by atoms with E-state index in [0.717, 1.165) is 57.8 Å². The molecule has 0 heterocycles. The van der Waals surface area contributed by atoms with Crippen LogP contribution in [0.15, 0.2) is 72.9 Å². The minimum Gasteiger partial charge on any atom is -0.462 e. The maximum atomic E-state index is 12.8. The molecule has 0 amide bonds. The summed E-state index contributed by atoms with van der Waals surface area (Å²) in [6, 6.07) is 0. The number of phosphoric ester groups is 1. The molecule has 362 valence electrons. The Morgan fingerprint density at radius 1 is 0.492 bits per heavy atom. The third kappa shape index (κ3) is 31.0. The third-order valence-corrected chi connectivity index (χ3v) is 11.5. The highest BCUT2D eigenvalue weighted by Crippen LogP contribution is 2.47. The van der Waals surface area contributed by atoms with E-state index >= 15 is 0 Å². The summed E-state index contributed by atoms with van der Waals surface area (Å²) < 4.78 is 33.5. The van der Waals surface area contributed by atoms with Gasteiger partial charge in [0.2, 0.25) is 0 Å². The van der Waals surface area contributed by atoms with Crippen molar-refractivity contribution in [2.24, 2.45) is 0 Å². The van der Waals surface area contributed by atoms with Crippen molar-refractivity contribution in [3.8, 4) is 0 Å². The Hall–Kier alpha value is -2.71. The normalized spacial score (nSPS) is 22.3. The van der Waals surface area contributed by atoms with Crippen LogP contribution in [0.25, 0.3) is 0 Å². The number of aliphatic hydroxyl groups is 5. The van der Waals surface area contributed by atoms with Gasteiger partial charge in [0.05, 0.1) is 6.61 Å². The van der Waals surface area contributed by atoms with Gasteiger partial charge in [0.1, 0.15) is 43.2 Å². The van der Waals surface area contributed by atoms with E-state index in [1.54, 1.807) is 0 Å². The number of aliphatic hydroxyl groups excluding tert-OH is 5. The fourth-order valence-corrected chi connectivity index (χ4v) is 7.64. The number of carbonyl (C=O) groups is 2. The summed E-state index contributed by atoms with van der Waals surface area (Å²) in [6.45, 7) is 3.16. The van der Waals surface area contributed by atoms with Gasteiger partial charge >= 0.3 is 19.8 Å². The third-order valence-electron chi connectivity index (χ3n) is 10.5. The van der Waals surface area contributed by atoms with Crippen LogP contribution in [0.2, 0.25) is 0 Å². The first-order valence-corrected chi connectivity index (χ1v) is 25.2. The van der Waals surface area contributed by atoms with Gasteiger partial charge in [-0.1, -0.05) is 151 Å². The van der Waals surface area contributed by atoms with Gasteiger partial charge in [0.25, 0.3) is 0 Å². The molecule has 13 nitrogen and oxygen atoms in total. The summed E-state index contributed by atoms with van der Waals surface area (Å²) in [5.41, 5.74) is 0. The zero-order valence-corrected chi connectivity index (χ0v) is 39.2. The van der Waals surface area contributed by atoms with Crippen LogP contribution in [0.4, 0.5) is 0 Å². The number of ether oxygens (including phenoxy) is 2. The highest BCUT2D eigenvalue weighted by atomic mass is 31.2. The second kappa shape index (κ2) is 38.5. The Balaban J connectivity index is 2.51. The molecule has 1 aliphatic carbocycles. The summed E-state index contributed by atoms with van der Waals surface area (Å²) >= 11 is 0. The predicted octanol–water partition coefficient (Wildman–Crippen LogP) is 9.50. The number of carbonyl (C=O) groups excluding carboxylic acids is 2. The van der Waals surface area contributed by atoms with E-state index in [0.29, 0.717) is 19.3 Å². The number of unbranched alkanes of at least 4 members (excludes halogenated alkanes) is 14. The molecule has 1 aliphatic rings. The molecule has 6 unspecified atom stereocenters. The van der Waals surface area contributed by atoms with Crippen molar-refractivity contribution in [2.75, 3.05) is 13.2 Å². The molecule has 0 spiro atoms. The van der Waals surface area contributed by atoms with Crippen molar-refractivity contribution >= 4 is 19.8 Å². The number of hydrogen-bond donors (Lipinski definition) is 6. The van der Waals surface area contributed by atoms with Crippen molar-refractivity contribution in [1.82, 2.24) is 0 Å². The van der Waals surface area contributed by atoms with Gasteiger partial charge in [-0.25, -0.2) is 4.57 Å². The van der Waals surface area contributed by atoms with E-state index in [9.17, 15) is 44.6 Å². The van der Waals surface area contributed by atoms with Crippen LogP contribution in [0.1, 0.15) is 168 Å². The molecule has 0 aromatic rings. The summed E-state index contributed by atoms with van der Waals surface area (Å²) in [5.74, 6) is -1.19. The fourth-order valence-electron chi connectivity index (χ4n) is 6.67. The molecule has 14 heteroatoms. The number of rotatable bonds is 38. The molecule has 0 bridgehead atoms. The van der Waals surface area contributed by atoms with Crippen molar-refractivity contribution in [3.63, 3.8) is 0 Å². The first-order valence-electron chi connectivity index (χ1n) is 23.7. The standard InChI is InChI=1S/C49H83O13P/c1-3-5-7-9-11-13-15-17-19-21-23-25-27-29-31-33-35-37-42(50)59-39-41(40-60-63(57,58)62-49-47(55)45(53)44(52)46(54)48(49)56)61-43(51)38-36-34-32-30-28-26-24-22-20-18-16-14-12-10-8-6-4-2/h7,9,13,15,19,21,24-27,30,32,41,44-49,52-56H,3-6,8,10-12,14,16-18,20,22-23,28-29,31,33-40H2,1-2H3,(H,57,58)/b9-7+,15-13+,21-19+,26-24+,27-25+,32-30+/t41-,44?,45-,46?,47?,48?,49?/m0/s1. The Morgan fingerprint density at radius 3 is 1.41 bits per heavy atom. The molecule has 63 heavy (non-hydrogen) atoms. The van der Waals surface area contributed by atoms with Crippen LogP contribution < -0.4 is 0 Å². The second-order valence-corrected chi connectivity index (χ2v) is 17.7. The Morgan fingerprint density at radius 2 is 0.905 bits per heavy atom. The minimum absolute atomic E-state index is 0.0222. The Bertz CT molecular complexity index is 1380. The first kappa shape index (κ1) is 58.3. The molecule has 6 N–H and O–H groups in total. The van der Waals surface area contributed by atoms with Crippen LogP contribution in [-0.2, 0) is 32.7 Å². The Labute approximate surface area is 378 Å². The summed E-state index contributed by atoms with van der Waals surface area (Å²) in [4.78, 5) is 35.7.